The van der Waals surface area contributed by atoms with Gasteiger partial charge in [-0.05, 0) is 48.1 Å². The second kappa shape index (κ2) is 2.19. The first-order chi connectivity index (χ1) is 8.21. The van der Waals surface area contributed by atoms with E-state index < -0.39 is 0 Å². The quantitative estimate of drug-likeness (QED) is 0.752. The van der Waals surface area contributed by atoms with Crippen molar-refractivity contribution in [3.8, 4) is 0 Å². The largest absolute Gasteiger partial charge is 0.361 e. The molecule has 86 valence electrons. The van der Waals surface area contributed by atoms with Crippen LogP contribution in [0.3, 0.4) is 0 Å². The standard InChI is InChI=1S/C16H17N/c1-14-6-7-15(10-16(14,15)9-14)12-8-17-13-5-3-2-4-11(12)13/h2-5,8,17H,6-7,9-10H2,1H3. The van der Waals surface area contributed by atoms with Crippen molar-refractivity contribution >= 4 is 10.9 Å². The molecule has 1 heteroatoms. The Bertz CT molecular complexity index is 646. The highest BCUT2D eigenvalue weighted by molar-refractivity contribution is 5.85. The van der Waals surface area contributed by atoms with E-state index in [9.17, 15) is 0 Å². The van der Waals surface area contributed by atoms with E-state index in [2.05, 4.69) is 42.4 Å². The van der Waals surface area contributed by atoms with Crippen LogP contribution in [0, 0.1) is 10.8 Å². The summed E-state index contributed by atoms with van der Waals surface area (Å²) in [6, 6.07) is 8.79. The molecule has 1 nitrogen and oxygen atoms in total. The van der Waals surface area contributed by atoms with Crippen LogP contribution >= 0.6 is 0 Å². The zero-order chi connectivity index (χ0) is 11.3. The molecule has 17 heavy (non-hydrogen) atoms. The van der Waals surface area contributed by atoms with Crippen LogP contribution in [0.5, 0.6) is 0 Å². The molecule has 3 aliphatic carbocycles. The van der Waals surface area contributed by atoms with Crippen molar-refractivity contribution in [1.82, 2.24) is 4.98 Å². The predicted molar refractivity (Wildman–Crippen MR) is 69.0 cm³/mol. The smallest absolute Gasteiger partial charge is 0.0457 e. The Morgan fingerprint density at radius 2 is 2.00 bits per heavy atom. The van der Waals surface area contributed by atoms with E-state index in [0.29, 0.717) is 16.2 Å². The van der Waals surface area contributed by atoms with Crippen molar-refractivity contribution in [1.29, 1.82) is 0 Å². The number of rotatable bonds is 1. The summed E-state index contributed by atoms with van der Waals surface area (Å²) in [5.41, 5.74) is 4.90. The van der Waals surface area contributed by atoms with Gasteiger partial charge in [-0.15, -0.1) is 0 Å². The molecular weight excluding hydrogens is 206 g/mol. The molecule has 1 N–H and O–H groups in total. The van der Waals surface area contributed by atoms with Crippen LogP contribution in [0.1, 0.15) is 38.2 Å². The highest BCUT2D eigenvalue weighted by Gasteiger charge is 2.88. The minimum absolute atomic E-state index is 0.557. The zero-order valence-electron chi connectivity index (χ0n) is 10.2. The molecule has 1 aromatic carbocycles. The normalized spacial score (nSPS) is 45.7. The van der Waals surface area contributed by atoms with Crippen molar-refractivity contribution in [3.63, 3.8) is 0 Å². The number of fused-ring (bicyclic) bond motifs is 1. The van der Waals surface area contributed by atoms with Gasteiger partial charge in [0.2, 0.25) is 0 Å². The van der Waals surface area contributed by atoms with E-state index in [-0.39, 0.29) is 0 Å². The Morgan fingerprint density at radius 3 is 2.71 bits per heavy atom. The number of H-pyrrole nitrogens is 1. The van der Waals surface area contributed by atoms with Crippen molar-refractivity contribution in [2.24, 2.45) is 10.8 Å². The van der Waals surface area contributed by atoms with Gasteiger partial charge < -0.3 is 4.98 Å². The Labute approximate surface area is 101 Å². The number of aromatic amines is 1. The summed E-state index contributed by atoms with van der Waals surface area (Å²) in [5.74, 6) is 0. The highest BCUT2D eigenvalue weighted by Crippen LogP contribution is 2.94. The summed E-state index contributed by atoms with van der Waals surface area (Å²) >= 11 is 0. The summed E-state index contributed by atoms with van der Waals surface area (Å²) in [7, 11) is 0. The van der Waals surface area contributed by atoms with Gasteiger partial charge in [0.25, 0.3) is 0 Å². The number of nitrogens with one attached hydrogen (secondary N) is 1. The Kier molecular flexibility index (Phi) is 1.13. The lowest BCUT2D eigenvalue weighted by Gasteiger charge is -2.12. The molecule has 3 aliphatic rings. The predicted octanol–water partition coefficient (Wildman–Crippen LogP) is 4.00. The molecule has 1 spiro atoms. The van der Waals surface area contributed by atoms with Gasteiger partial charge in [0, 0.05) is 22.5 Å². The van der Waals surface area contributed by atoms with E-state index >= 15 is 0 Å². The number of para-hydroxylation sites is 1. The van der Waals surface area contributed by atoms with Gasteiger partial charge in [-0.2, -0.15) is 0 Å². The van der Waals surface area contributed by atoms with E-state index in [4.69, 9.17) is 0 Å². The fourth-order valence-corrected chi connectivity index (χ4v) is 5.22. The van der Waals surface area contributed by atoms with Crippen LogP contribution in [0.2, 0.25) is 0 Å². The average Bonchev–Trinajstić information content (AvgIpc) is 3.05. The molecule has 1 aromatic heterocycles. The van der Waals surface area contributed by atoms with Gasteiger partial charge in [-0.1, -0.05) is 25.1 Å². The molecule has 0 amide bonds. The highest BCUT2D eigenvalue weighted by atomic mass is 14.9. The SMILES string of the molecule is CC12CCC3(c4c[nH]c5ccccc45)CC13C2. The maximum Gasteiger partial charge on any atom is 0.0457 e. The first kappa shape index (κ1) is 8.79. The molecule has 3 atom stereocenters. The Hall–Kier alpha value is -1.24. The monoisotopic (exact) mass is 223 g/mol. The van der Waals surface area contributed by atoms with Crippen molar-refractivity contribution in [2.75, 3.05) is 0 Å². The second-order valence-corrected chi connectivity index (χ2v) is 6.83. The zero-order valence-corrected chi connectivity index (χ0v) is 10.2. The summed E-state index contributed by atoms with van der Waals surface area (Å²) in [6.45, 7) is 2.51. The minimum atomic E-state index is 0.557. The fraction of sp³-hybridized carbons (Fsp3) is 0.500. The summed E-state index contributed by atoms with van der Waals surface area (Å²) in [6.07, 6.45) is 8.11. The second-order valence-electron chi connectivity index (χ2n) is 6.83. The maximum atomic E-state index is 3.47. The van der Waals surface area contributed by atoms with Crippen molar-refractivity contribution in [3.05, 3.63) is 36.0 Å². The molecule has 3 unspecified atom stereocenters. The lowest BCUT2D eigenvalue weighted by atomic mass is 9.90. The van der Waals surface area contributed by atoms with E-state index in [1.54, 1.807) is 5.56 Å². The van der Waals surface area contributed by atoms with Gasteiger partial charge in [-0.25, -0.2) is 0 Å². The van der Waals surface area contributed by atoms with E-state index in [1.807, 2.05) is 0 Å². The minimum Gasteiger partial charge on any atom is -0.361 e. The van der Waals surface area contributed by atoms with Gasteiger partial charge >= 0.3 is 0 Å². The Balaban J connectivity index is 1.76. The lowest BCUT2D eigenvalue weighted by molar-refractivity contribution is 0.495. The number of aromatic nitrogens is 1. The van der Waals surface area contributed by atoms with Crippen molar-refractivity contribution in [2.45, 2.75) is 38.0 Å². The van der Waals surface area contributed by atoms with Gasteiger partial charge in [0.1, 0.15) is 0 Å². The molecule has 0 saturated heterocycles. The van der Waals surface area contributed by atoms with E-state index in [1.165, 1.54) is 36.6 Å². The third-order valence-electron chi connectivity index (χ3n) is 6.33. The fourth-order valence-electron chi connectivity index (χ4n) is 5.22. The average molecular weight is 223 g/mol. The third kappa shape index (κ3) is 0.720. The summed E-state index contributed by atoms with van der Waals surface area (Å²) < 4.78 is 0. The molecular formula is C16H17N. The lowest BCUT2D eigenvalue weighted by Crippen LogP contribution is -2.06. The summed E-state index contributed by atoms with van der Waals surface area (Å²) in [5, 5.41) is 1.47. The van der Waals surface area contributed by atoms with Crippen LogP contribution in [0.4, 0.5) is 0 Å². The van der Waals surface area contributed by atoms with Crippen LogP contribution in [0.15, 0.2) is 30.5 Å². The first-order valence-electron chi connectivity index (χ1n) is 6.78. The van der Waals surface area contributed by atoms with Crippen LogP contribution < -0.4 is 0 Å². The molecule has 3 saturated carbocycles. The summed E-state index contributed by atoms with van der Waals surface area (Å²) in [4.78, 5) is 3.47. The first-order valence-corrected chi connectivity index (χ1v) is 6.78. The molecule has 0 aliphatic heterocycles. The number of benzene rings is 1. The molecule has 3 fully saturated rings. The maximum absolute atomic E-state index is 3.47. The molecule has 1 heterocycles. The van der Waals surface area contributed by atoms with Gasteiger partial charge in [-0.3, -0.25) is 0 Å². The number of hydrogen-bond acceptors (Lipinski definition) is 0. The topological polar surface area (TPSA) is 15.8 Å². The third-order valence-corrected chi connectivity index (χ3v) is 6.33. The molecule has 0 radical (unpaired) electrons. The van der Waals surface area contributed by atoms with Gasteiger partial charge in [0.15, 0.2) is 0 Å². The van der Waals surface area contributed by atoms with Crippen LogP contribution in [-0.4, -0.2) is 4.98 Å². The molecule has 5 rings (SSSR count). The Morgan fingerprint density at radius 1 is 1.12 bits per heavy atom. The van der Waals surface area contributed by atoms with E-state index in [0.717, 1.165) is 0 Å². The molecule has 0 bridgehead atoms. The molecule has 2 aromatic rings. The van der Waals surface area contributed by atoms with Crippen LogP contribution in [0.25, 0.3) is 10.9 Å². The van der Waals surface area contributed by atoms with Crippen molar-refractivity contribution < 1.29 is 0 Å². The van der Waals surface area contributed by atoms with Crippen LogP contribution in [-0.2, 0) is 5.41 Å². The van der Waals surface area contributed by atoms with Gasteiger partial charge in [0.05, 0.1) is 0 Å². The number of hydrogen-bond donors (Lipinski definition) is 1.